The molecule has 2 rings (SSSR count). The smallest absolute Gasteiger partial charge is 0.126 e. The Kier molecular flexibility index (Phi) is 3.94. The fraction of sp³-hybridized carbons (Fsp3) is 0.571. The lowest BCUT2D eigenvalue weighted by molar-refractivity contribution is 0.390. The van der Waals surface area contributed by atoms with Crippen molar-refractivity contribution in [1.82, 2.24) is 0 Å². The summed E-state index contributed by atoms with van der Waals surface area (Å²) in [6.45, 7) is 0. The molecule has 0 bridgehead atoms. The van der Waals surface area contributed by atoms with E-state index in [-0.39, 0.29) is 11.9 Å². The van der Waals surface area contributed by atoms with Gasteiger partial charge in [-0.05, 0) is 36.8 Å². The van der Waals surface area contributed by atoms with Gasteiger partial charge >= 0.3 is 0 Å². The first kappa shape index (κ1) is 11.6. The summed E-state index contributed by atoms with van der Waals surface area (Å²) in [5.41, 5.74) is 6.98. The molecule has 1 aromatic carbocycles. The van der Waals surface area contributed by atoms with Crippen molar-refractivity contribution >= 4 is 0 Å². The van der Waals surface area contributed by atoms with E-state index in [0.29, 0.717) is 5.92 Å². The highest BCUT2D eigenvalue weighted by Gasteiger charge is 2.21. The second-order valence-electron chi connectivity index (χ2n) is 4.86. The van der Waals surface area contributed by atoms with E-state index in [1.54, 1.807) is 6.07 Å². The van der Waals surface area contributed by atoms with Gasteiger partial charge in [-0.15, -0.1) is 0 Å². The Labute approximate surface area is 96.9 Å². The molecule has 1 fully saturated rings. The van der Waals surface area contributed by atoms with Crippen LogP contribution in [-0.4, -0.2) is 6.04 Å². The molecule has 1 aliphatic carbocycles. The molecule has 1 nitrogen and oxygen atoms in total. The maximum atomic E-state index is 13.5. The van der Waals surface area contributed by atoms with Crippen molar-refractivity contribution in [2.75, 3.05) is 0 Å². The Morgan fingerprint density at radius 3 is 2.69 bits per heavy atom. The SMILES string of the molecule is NC1CCCCCC1Cc1ccccc1F. The van der Waals surface area contributed by atoms with Crippen molar-refractivity contribution in [1.29, 1.82) is 0 Å². The van der Waals surface area contributed by atoms with Crippen LogP contribution in [0.4, 0.5) is 4.39 Å². The summed E-state index contributed by atoms with van der Waals surface area (Å²) in [6.07, 6.45) is 6.80. The molecule has 0 spiro atoms. The Morgan fingerprint density at radius 2 is 1.88 bits per heavy atom. The van der Waals surface area contributed by atoms with Gasteiger partial charge in [0.25, 0.3) is 0 Å². The van der Waals surface area contributed by atoms with Crippen molar-refractivity contribution < 1.29 is 4.39 Å². The highest BCUT2D eigenvalue weighted by molar-refractivity contribution is 5.18. The fourth-order valence-electron chi connectivity index (χ4n) is 2.61. The third-order valence-corrected chi connectivity index (χ3v) is 3.66. The molecule has 88 valence electrons. The molecule has 1 saturated carbocycles. The Bertz CT molecular complexity index is 337. The minimum absolute atomic E-state index is 0.0843. The first-order valence-electron chi connectivity index (χ1n) is 6.26. The molecule has 0 amide bonds. The molecule has 0 saturated heterocycles. The van der Waals surface area contributed by atoms with E-state index in [0.717, 1.165) is 24.8 Å². The molecule has 2 atom stereocenters. The highest BCUT2D eigenvalue weighted by Crippen LogP contribution is 2.26. The first-order chi connectivity index (χ1) is 7.77. The third-order valence-electron chi connectivity index (χ3n) is 3.66. The molecule has 1 aromatic rings. The fourth-order valence-corrected chi connectivity index (χ4v) is 2.61. The van der Waals surface area contributed by atoms with Gasteiger partial charge in [0.2, 0.25) is 0 Å². The Morgan fingerprint density at radius 1 is 1.12 bits per heavy atom. The lowest BCUT2D eigenvalue weighted by Gasteiger charge is -2.21. The van der Waals surface area contributed by atoms with E-state index in [4.69, 9.17) is 5.73 Å². The summed E-state index contributed by atoms with van der Waals surface area (Å²) >= 11 is 0. The molecule has 0 heterocycles. The number of hydrogen-bond acceptors (Lipinski definition) is 1. The topological polar surface area (TPSA) is 26.0 Å². The summed E-state index contributed by atoms with van der Waals surface area (Å²) < 4.78 is 13.5. The second-order valence-corrected chi connectivity index (χ2v) is 4.86. The van der Waals surface area contributed by atoms with Gasteiger partial charge < -0.3 is 5.73 Å². The molecule has 2 N–H and O–H groups in total. The van der Waals surface area contributed by atoms with Crippen LogP contribution in [0.2, 0.25) is 0 Å². The van der Waals surface area contributed by atoms with E-state index in [1.165, 1.54) is 25.3 Å². The molecule has 0 aromatic heterocycles. The Hall–Kier alpha value is -0.890. The van der Waals surface area contributed by atoms with E-state index in [2.05, 4.69) is 0 Å². The van der Waals surface area contributed by atoms with Crippen molar-refractivity contribution in [2.45, 2.75) is 44.6 Å². The van der Waals surface area contributed by atoms with Crippen molar-refractivity contribution in [2.24, 2.45) is 11.7 Å². The average molecular weight is 221 g/mol. The van der Waals surface area contributed by atoms with Crippen LogP contribution in [0.1, 0.15) is 37.7 Å². The summed E-state index contributed by atoms with van der Waals surface area (Å²) in [4.78, 5) is 0. The zero-order valence-corrected chi connectivity index (χ0v) is 9.66. The zero-order chi connectivity index (χ0) is 11.4. The van der Waals surface area contributed by atoms with Crippen LogP contribution in [0.3, 0.4) is 0 Å². The van der Waals surface area contributed by atoms with Crippen LogP contribution >= 0.6 is 0 Å². The van der Waals surface area contributed by atoms with Crippen LogP contribution in [0, 0.1) is 11.7 Å². The maximum Gasteiger partial charge on any atom is 0.126 e. The summed E-state index contributed by atoms with van der Waals surface area (Å²) in [5, 5.41) is 0. The van der Waals surface area contributed by atoms with Crippen molar-refractivity contribution in [3.8, 4) is 0 Å². The lowest BCUT2D eigenvalue weighted by Crippen LogP contribution is -2.30. The van der Waals surface area contributed by atoms with Gasteiger partial charge in [0.15, 0.2) is 0 Å². The van der Waals surface area contributed by atoms with Gasteiger partial charge in [0.05, 0.1) is 0 Å². The number of hydrogen-bond donors (Lipinski definition) is 1. The number of rotatable bonds is 2. The van der Waals surface area contributed by atoms with Gasteiger partial charge in [0.1, 0.15) is 5.82 Å². The standard InChI is InChI=1S/C14H20FN/c15-13-8-5-4-6-11(13)10-12-7-2-1-3-9-14(12)16/h4-6,8,12,14H,1-3,7,9-10,16H2. The van der Waals surface area contributed by atoms with Crippen LogP contribution in [0.25, 0.3) is 0 Å². The van der Waals surface area contributed by atoms with Crippen LogP contribution in [-0.2, 0) is 6.42 Å². The molecular formula is C14H20FN. The van der Waals surface area contributed by atoms with E-state index >= 15 is 0 Å². The van der Waals surface area contributed by atoms with Gasteiger partial charge in [-0.1, -0.05) is 37.5 Å². The summed E-state index contributed by atoms with van der Waals surface area (Å²) in [6, 6.07) is 7.32. The summed E-state index contributed by atoms with van der Waals surface area (Å²) in [5.74, 6) is 0.373. The monoisotopic (exact) mass is 221 g/mol. The normalized spacial score (nSPS) is 26.4. The predicted molar refractivity (Wildman–Crippen MR) is 64.7 cm³/mol. The molecule has 2 heteroatoms. The minimum Gasteiger partial charge on any atom is -0.327 e. The van der Waals surface area contributed by atoms with Gasteiger partial charge in [-0.25, -0.2) is 4.39 Å². The average Bonchev–Trinajstić information content (AvgIpc) is 2.48. The number of benzene rings is 1. The van der Waals surface area contributed by atoms with E-state index < -0.39 is 0 Å². The number of halogens is 1. The maximum absolute atomic E-state index is 13.5. The predicted octanol–water partition coefficient (Wildman–Crippen LogP) is 3.28. The van der Waals surface area contributed by atoms with Gasteiger partial charge in [-0.2, -0.15) is 0 Å². The zero-order valence-electron chi connectivity index (χ0n) is 9.66. The minimum atomic E-state index is -0.0843. The lowest BCUT2D eigenvalue weighted by atomic mass is 9.89. The molecule has 0 radical (unpaired) electrons. The molecule has 2 unspecified atom stereocenters. The second kappa shape index (κ2) is 5.44. The molecule has 16 heavy (non-hydrogen) atoms. The van der Waals surface area contributed by atoms with E-state index in [9.17, 15) is 4.39 Å². The first-order valence-corrected chi connectivity index (χ1v) is 6.26. The molecular weight excluding hydrogens is 201 g/mol. The van der Waals surface area contributed by atoms with Crippen molar-refractivity contribution in [3.63, 3.8) is 0 Å². The largest absolute Gasteiger partial charge is 0.327 e. The van der Waals surface area contributed by atoms with Crippen LogP contribution in [0.5, 0.6) is 0 Å². The molecule has 1 aliphatic rings. The highest BCUT2D eigenvalue weighted by atomic mass is 19.1. The molecule has 0 aliphatic heterocycles. The van der Waals surface area contributed by atoms with Gasteiger partial charge in [0, 0.05) is 6.04 Å². The third kappa shape index (κ3) is 2.82. The van der Waals surface area contributed by atoms with Crippen molar-refractivity contribution in [3.05, 3.63) is 35.6 Å². The Balaban J connectivity index is 2.05. The van der Waals surface area contributed by atoms with Crippen LogP contribution < -0.4 is 5.73 Å². The quantitative estimate of drug-likeness (QED) is 0.762. The van der Waals surface area contributed by atoms with Gasteiger partial charge in [-0.3, -0.25) is 0 Å². The number of nitrogens with two attached hydrogens (primary N) is 1. The van der Waals surface area contributed by atoms with E-state index in [1.807, 2.05) is 12.1 Å². The van der Waals surface area contributed by atoms with Crippen LogP contribution in [0.15, 0.2) is 24.3 Å². The summed E-state index contributed by atoms with van der Waals surface area (Å²) in [7, 11) is 0.